The van der Waals surface area contributed by atoms with Crippen LogP contribution in [0.3, 0.4) is 0 Å². The van der Waals surface area contributed by atoms with Crippen molar-refractivity contribution in [3.63, 3.8) is 0 Å². The molecule has 0 spiro atoms. The highest BCUT2D eigenvalue weighted by atomic mass is 32.2. The lowest BCUT2D eigenvalue weighted by molar-refractivity contribution is -0.183. The molecular weight excluding hydrogens is 256 g/mol. The molecule has 0 atom stereocenters. The SMILES string of the molecule is O=C(CS(=O)(=O)[O-])OC12CC3CC(CC(C3)C1)C2. The zero-order valence-corrected chi connectivity index (χ0v) is 10.9. The third-order valence-corrected chi connectivity index (χ3v) is 5.20. The van der Waals surface area contributed by atoms with Crippen molar-refractivity contribution in [2.24, 2.45) is 17.8 Å². The van der Waals surface area contributed by atoms with Gasteiger partial charge in [-0.25, -0.2) is 8.42 Å². The van der Waals surface area contributed by atoms with Gasteiger partial charge in [-0.2, -0.15) is 0 Å². The highest BCUT2D eigenvalue weighted by Gasteiger charge is 2.53. The van der Waals surface area contributed by atoms with E-state index in [-0.39, 0.29) is 0 Å². The van der Waals surface area contributed by atoms with E-state index < -0.39 is 27.4 Å². The topological polar surface area (TPSA) is 83.5 Å². The molecule has 6 heteroatoms. The molecule has 0 aromatic heterocycles. The van der Waals surface area contributed by atoms with Gasteiger partial charge in [-0.05, 0) is 56.3 Å². The molecule has 4 rings (SSSR count). The molecule has 4 aliphatic rings. The Bertz CT molecular complexity index is 432. The molecule has 4 bridgehead atoms. The number of carbonyl (C=O) groups excluding carboxylic acids is 1. The molecule has 4 saturated carbocycles. The molecule has 4 aliphatic carbocycles. The first kappa shape index (κ1) is 12.4. The Labute approximate surface area is 107 Å². The van der Waals surface area contributed by atoms with E-state index in [0.29, 0.717) is 17.8 Å². The quantitative estimate of drug-likeness (QED) is 0.566. The molecular formula is C12H17O5S-. The van der Waals surface area contributed by atoms with E-state index in [9.17, 15) is 17.8 Å². The number of hydrogen-bond donors (Lipinski definition) is 0. The Morgan fingerprint density at radius 2 is 1.56 bits per heavy atom. The maximum Gasteiger partial charge on any atom is 0.320 e. The van der Waals surface area contributed by atoms with Crippen LogP contribution in [0.5, 0.6) is 0 Å². The summed E-state index contributed by atoms with van der Waals surface area (Å²) in [5, 5.41) is 0. The molecule has 4 fully saturated rings. The maximum atomic E-state index is 11.5. The minimum Gasteiger partial charge on any atom is -0.748 e. The molecule has 0 amide bonds. The third-order valence-electron chi connectivity index (χ3n) is 4.61. The van der Waals surface area contributed by atoms with Gasteiger partial charge in [0.25, 0.3) is 0 Å². The summed E-state index contributed by atoms with van der Waals surface area (Å²) in [7, 11) is -4.53. The normalized spacial score (nSPS) is 41.9. The Balaban J connectivity index is 1.71. The molecule has 0 N–H and O–H groups in total. The van der Waals surface area contributed by atoms with Crippen molar-refractivity contribution in [2.75, 3.05) is 5.75 Å². The number of hydrogen-bond acceptors (Lipinski definition) is 5. The minimum absolute atomic E-state index is 0.462. The second kappa shape index (κ2) is 3.93. The summed E-state index contributed by atoms with van der Waals surface area (Å²) in [6, 6.07) is 0. The molecule has 0 aromatic carbocycles. The lowest BCUT2D eigenvalue weighted by atomic mass is 9.54. The lowest BCUT2D eigenvalue weighted by Crippen LogP contribution is -2.53. The van der Waals surface area contributed by atoms with Gasteiger partial charge in [-0.3, -0.25) is 4.79 Å². The summed E-state index contributed by atoms with van der Waals surface area (Å²) in [6.07, 6.45) is 6.21. The molecule has 0 saturated heterocycles. The van der Waals surface area contributed by atoms with Crippen LogP contribution in [0.15, 0.2) is 0 Å². The average Bonchev–Trinajstić information content (AvgIpc) is 2.09. The lowest BCUT2D eigenvalue weighted by Gasteiger charge is -2.55. The third kappa shape index (κ3) is 2.40. The van der Waals surface area contributed by atoms with Gasteiger partial charge < -0.3 is 9.29 Å². The van der Waals surface area contributed by atoms with Crippen LogP contribution in [0.25, 0.3) is 0 Å². The summed E-state index contributed by atoms with van der Waals surface area (Å²) in [5.41, 5.74) is -0.462. The summed E-state index contributed by atoms with van der Waals surface area (Å²) < 4.78 is 37.1. The van der Waals surface area contributed by atoms with Crippen LogP contribution < -0.4 is 0 Å². The summed E-state index contributed by atoms with van der Waals surface area (Å²) in [4.78, 5) is 11.5. The predicted molar refractivity (Wildman–Crippen MR) is 61.6 cm³/mol. The van der Waals surface area contributed by atoms with Crippen molar-refractivity contribution in [1.29, 1.82) is 0 Å². The number of carbonyl (C=O) groups is 1. The molecule has 0 aromatic rings. The van der Waals surface area contributed by atoms with Crippen LogP contribution in [-0.4, -0.2) is 30.3 Å². The zero-order valence-electron chi connectivity index (χ0n) is 10.1. The van der Waals surface area contributed by atoms with Crippen molar-refractivity contribution < 1.29 is 22.5 Å². The number of esters is 1. The fraction of sp³-hybridized carbons (Fsp3) is 0.917. The highest BCUT2D eigenvalue weighted by Crippen LogP contribution is 2.57. The van der Waals surface area contributed by atoms with Gasteiger partial charge >= 0.3 is 5.97 Å². The number of ether oxygens (including phenoxy) is 1. The first-order chi connectivity index (χ1) is 8.34. The van der Waals surface area contributed by atoms with Crippen molar-refractivity contribution in [3.8, 4) is 0 Å². The molecule has 102 valence electrons. The van der Waals surface area contributed by atoms with Crippen LogP contribution >= 0.6 is 0 Å². The Morgan fingerprint density at radius 3 is 1.94 bits per heavy atom. The van der Waals surface area contributed by atoms with E-state index in [0.717, 1.165) is 19.3 Å². The highest BCUT2D eigenvalue weighted by molar-refractivity contribution is 7.86. The summed E-state index contributed by atoms with van der Waals surface area (Å²) in [6.45, 7) is 0. The monoisotopic (exact) mass is 273 g/mol. The van der Waals surface area contributed by atoms with Gasteiger partial charge in [0.05, 0.1) is 0 Å². The van der Waals surface area contributed by atoms with Crippen LogP contribution in [0, 0.1) is 17.8 Å². The van der Waals surface area contributed by atoms with E-state index in [1.165, 1.54) is 19.3 Å². The van der Waals surface area contributed by atoms with Gasteiger partial charge in [-0.1, -0.05) is 0 Å². The van der Waals surface area contributed by atoms with E-state index in [4.69, 9.17) is 4.74 Å². The Kier molecular flexibility index (Phi) is 2.71. The van der Waals surface area contributed by atoms with Crippen molar-refractivity contribution in [1.82, 2.24) is 0 Å². The van der Waals surface area contributed by atoms with E-state index in [1.807, 2.05) is 0 Å². The molecule has 0 radical (unpaired) electrons. The Hall–Kier alpha value is -0.620. The van der Waals surface area contributed by atoms with Gasteiger partial charge in [0.15, 0.2) is 0 Å². The second-order valence-electron chi connectivity index (χ2n) is 6.28. The summed E-state index contributed by atoms with van der Waals surface area (Å²) >= 11 is 0. The molecule has 0 unspecified atom stereocenters. The van der Waals surface area contributed by atoms with Gasteiger partial charge in [0.1, 0.15) is 21.5 Å². The number of rotatable bonds is 3. The average molecular weight is 273 g/mol. The van der Waals surface area contributed by atoms with E-state index in [1.54, 1.807) is 0 Å². The molecule has 5 nitrogen and oxygen atoms in total. The fourth-order valence-corrected chi connectivity index (χ4v) is 4.92. The zero-order chi connectivity index (χ0) is 13.0. The van der Waals surface area contributed by atoms with E-state index in [2.05, 4.69) is 0 Å². The van der Waals surface area contributed by atoms with Gasteiger partial charge in [-0.15, -0.1) is 0 Å². The molecule has 0 aliphatic heterocycles. The van der Waals surface area contributed by atoms with Crippen LogP contribution in [0.1, 0.15) is 38.5 Å². The van der Waals surface area contributed by atoms with Crippen molar-refractivity contribution in [3.05, 3.63) is 0 Å². The largest absolute Gasteiger partial charge is 0.748 e. The van der Waals surface area contributed by atoms with Crippen LogP contribution in [0.2, 0.25) is 0 Å². The van der Waals surface area contributed by atoms with E-state index >= 15 is 0 Å². The van der Waals surface area contributed by atoms with Crippen LogP contribution in [-0.2, 0) is 19.6 Å². The maximum absolute atomic E-state index is 11.5. The summed E-state index contributed by atoms with van der Waals surface area (Å²) in [5.74, 6) is -0.0462. The first-order valence-corrected chi connectivity index (χ1v) is 8.07. The van der Waals surface area contributed by atoms with Crippen molar-refractivity contribution >= 4 is 16.1 Å². The fourth-order valence-electron chi connectivity index (χ4n) is 4.57. The van der Waals surface area contributed by atoms with Gasteiger partial charge in [0.2, 0.25) is 0 Å². The first-order valence-electron chi connectivity index (χ1n) is 6.49. The second-order valence-corrected chi connectivity index (χ2v) is 7.68. The minimum atomic E-state index is -4.53. The predicted octanol–water partition coefficient (Wildman–Crippen LogP) is 1.04. The molecule has 18 heavy (non-hydrogen) atoms. The Morgan fingerprint density at radius 1 is 1.11 bits per heavy atom. The standard InChI is InChI=1S/C12H18O5S/c13-11(7-18(14,15)16)17-12-4-8-1-9(5-12)3-10(2-8)6-12/h8-10H,1-7H2,(H,14,15,16)/p-1. The smallest absolute Gasteiger partial charge is 0.320 e. The van der Waals surface area contributed by atoms with Crippen molar-refractivity contribution in [2.45, 2.75) is 44.1 Å². The van der Waals surface area contributed by atoms with Crippen LogP contribution in [0.4, 0.5) is 0 Å². The van der Waals surface area contributed by atoms with Gasteiger partial charge in [0, 0.05) is 0 Å². The molecule has 0 heterocycles.